The van der Waals surface area contributed by atoms with Crippen LogP contribution in [0.4, 0.5) is 19.0 Å². The minimum atomic E-state index is -4.56. The second-order valence-electron chi connectivity index (χ2n) is 3.90. The maximum Gasteiger partial charge on any atom is 0.456 e. The Morgan fingerprint density at radius 2 is 1.95 bits per heavy atom. The van der Waals surface area contributed by atoms with Crippen LogP contribution >= 0.6 is 0 Å². The van der Waals surface area contributed by atoms with Gasteiger partial charge in [0.15, 0.2) is 0 Å². The SMILES string of the molecule is [C-]#[N+]c1nc(C(F)(F)F)ccc1-c1cc(C)ccn1. The molecule has 0 bridgehead atoms. The molecule has 0 aromatic carbocycles. The minimum absolute atomic E-state index is 0.298. The Hall–Kier alpha value is -2.42. The molecule has 0 aliphatic carbocycles. The topological polar surface area (TPSA) is 30.1 Å². The second-order valence-corrected chi connectivity index (χ2v) is 3.90. The Balaban J connectivity index is 2.57. The van der Waals surface area contributed by atoms with Crippen LogP contribution in [-0.2, 0) is 6.18 Å². The number of pyridine rings is 2. The minimum Gasteiger partial charge on any atom is -0.360 e. The van der Waals surface area contributed by atoms with Gasteiger partial charge in [0.1, 0.15) is 0 Å². The molecule has 0 spiro atoms. The molecule has 0 aliphatic rings. The van der Waals surface area contributed by atoms with Crippen LogP contribution in [-0.4, -0.2) is 9.97 Å². The molecule has 3 nitrogen and oxygen atoms in total. The molecule has 0 unspecified atom stereocenters. The Bertz CT molecular complexity index is 657. The van der Waals surface area contributed by atoms with Gasteiger partial charge in [-0.25, -0.2) is 0 Å². The summed E-state index contributed by atoms with van der Waals surface area (Å²) in [6, 6.07) is 5.54. The van der Waals surface area contributed by atoms with Crippen LogP contribution in [0.3, 0.4) is 0 Å². The number of nitrogens with zero attached hydrogens (tertiary/aromatic N) is 3. The van der Waals surface area contributed by atoms with Crippen molar-refractivity contribution >= 4 is 5.82 Å². The van der Waals surface area contributed by atoms with E-state index in [1.807, 2.05) is 6.92 Å². The monoisotopic (exact) mass is 263 g/mol. The van der Waals surface area contributed by atoms with Gasteiger partial charge < -0.3 is 4.85 Å². The molecule has 2 aromatic heterocycles. The highest BCUT2D eigenvalue weighted by molar-refractivity contribution is 5.73. The van der Waals surface area contributed by atoms with E-state index in [-0.39, 0.29) is 5.82 Å². The van der Waals surface area contributed by atoms with E-state index >= 15 is 0 Å². The molecule has 2 aromatic rings. The van der Waals surface area contributed by atoms with Gasteiger partial charge in [-0.1, -0.05) is 12.6 Å². The molecule has 0 saturated carbocycles. The van der Waals surface area contributed by atoms with Crippen molar-refractivity contribution in [1.82, 2.24) is 9.97 Å². The molecule has 0 saturated heterocycles. The lowest BCUT2D eigenvalue weighted by atomic mass is 10.1. The summed E-state index contributed by atoms with van der Waals surface area (Å²) >= 11 is 0. The van der Waals surface area contributed by atoms with Gasteiger partial charge >= 0.3 is 6.18 Å². The standard InChI is InChI=1S/C13H8F3N3/c1-8-5-6-18-10(7-8)9-3-4-11(13(14,15)16)19-12(9)17-2/h3-7H,1H3. The summed E-state index contributed by atoms with van der Waals surface area (Å²) in [4.78, 5) is 10.4. The van der Waals surface area contributed by atoms with E-state index in [2.05, 4.69) is 14.8 Å². The average Bonchev–Trinajstić information content (AvgIpc) is 2.37. The van der Waals surface area contributed by atoms with Crippen LogP contribution in [0.15, 0.2) is 30.5 Å². The van der Waals surface area contributed by atoms with Crippen molar-refractivity contribution in [2.75, 3.05) is 0 Å². The fourth-order valence-corrected chi connectivity index (χ4v) is 1.57. The van der Waals surface area contributed by atoms with Gasteiger partial charge in [0.25, 0.3) is 5.82 Å². The molecule has 19 heavy (non-hydrogen) atoms. The van der Waals surface area contributed by atoms with Crippen LogP contribution in [0.25, 0.3) is 16.1 Å². The Morgan fingerprint density at radius 1 is 1.21 bits per heavy atom. The third-order valence-electron chi connectivity index (χ3n) is 2.46. The van der Waals surface area contributed by atoms with E-state index < -0.39 is 11.9 Å². The second kappa shape index (κ2) is 4.69. The normalized spacial score (nSPS) is 11.1. The first-order valence-corrected chi connectivity index (χ1v) is 5.30. The number of rotatable bonds is 1. The fourth-order valence-electron chi connectivity index (χ4n) is 1.57. The maximum atomic E-state index is 12.5. The third kappa shape index (κ3) is 2.71. The van der Waals surface area contributed by atoms with Gasteiger partial charge in [0.2, 0.25) is 5.69 Å². The molecular formula is C13H8F3N3. The van der Waals surface area contributed by atoms with Gasteiger partial charge in [0.05, 0.1) is 5.69 Å². The number of aromatic nitrogens is 2. The zero-order valence-electron chi connectivity index (χ0n) is 9.86. The van der Waals surface area contributed by atoms with E-state index in [1.54, 1.807) is 12.1 Å². The quantitative estimate of drug-likeness (QED) is 0.727. The predicted molar refractivity (Wildman–Crippen MR) is 63.5 cm³/mol. The Kier molecular flexibility index (Phi) is 3.21. The summed E-state index contributed by atoms with van der Waals surface area (Å²) in [6.07, 6.45) is -3.02. The number of hydrogen-bond acceptors (Lipinski definition) is 2. The molecule has 2 heterocycles. The van der Waals surface area contributed by atoms with Crippen LogP contribution in [0.1, 0.15) is 11.3 Å². The van der Waals surface area contributed by atoms with Gasteiger partial charge in [-0.05, 0) is 30.7 Å². The highest BCUT2D eigenvalue weighted by Crippen LogP contribution is 2.33. The lowest BCUT2D eigenvalue weighted by Crippen LogP contribution is -2.07. The fraction of sp³-hybridized carbons (Fsp3) is 0.154. The van der Waals surface area contributed by atoms with Crippen molar-refractivity contribution in [3.05, 3.63) is 53.1 Å². The molecule has 2 rings (SSSR count). The van der Waals surface area contributed by atoms with Crippen molar-refractivity contribution in [2.24, 2.45) is 0 Å². The van der Waals surface area contributed by atoms with E-state index in [1.165, 1.54) is 12.3 Å². The first-order chi connectivity index (χ1) is 8.91. The lowest BCUT2D eigenvalue weighted by Gasteiger charge is -2.06. The number of hydrogen-bond donors (Lipinski definition) is 0. The summed E-state index contributed by atoms with van der Waals surface area (Å²) in [5.74, 6) is -0.298. The number of halogens is 3. The maximum absolute atomic E-state index is 12.5. The summed E-state index contributed by atoms with van der Waals surface area (Å²) in [6.45, 7) is 8.79. The molecule has 0 atom stereocenters. The average molecular weight is 263 g/mol. The smallest absolute Gasteiger partial charge is 0.360 e. The van der Waals surface area contributed by atoms with E-state index in [4.69, 9.17) is 6.57 Å². The van der Waals surface area contributed by atoms with Crippen LogP contribution in [0.5, 0.6) is 0 Å². The van der Waals surface area contributed by atoms with E-state index in [0.29, 0.717) is 11.3 Å². The predicted octanol–water partition coefficient (Wildman–Crippen LogP) is 4.02. The van der Waals surface area contributed by atoms with Crippen LogP contribution in [0.2, 0.25) is 0 Å². The van der Waals surface area contributed by atoms with Crippen LogP contribution in [0, 0.1) is 13.5 Å². The molecule has 0 aliphatic heterocycles. The van der Waals surface area contributed by atoms with Crippen molar-refractivity contribution in [3.8, 4) is 11.3 Å². The van der Waals surface area contributed by atoms with Gasteiger partial charge in [-0.2, -0.15) is 13.2 Å². The summed E-state index contributed by atoms with van der Waals surface area (Å²) in [5.41, 5.74) is 0.564. The Labute approximate surface area is 107 Å². The van der Waals surface area contributed by atoms with E-state index in [9.17, 15) is 13.2 Å². The highest BCUT2D eigenvalue weighted by atomic mass is 19.4. The first-order valence-electron chi connectivity index (χ1n) is 5.30. The lowest BCUT2D eigenvalue weighted by molar-refractivity contribution is -0.141. The zero-order valence-corrected chi connectivity index (χ0v) is 9.86. The molecule has 0 amide bonds. The van der Waals surface area contributed by atoms with Crippen molar-refractivity contribution in [1.29, 1.82) is 0 Å². The van der Waals surface area contributed by atoms with Gasteiger partial charge in [-0.15, -0.1) is 4.98 Å². The van der Waals surface area contributed by atoms with Crippen molar-refractivity contribution in [2.45, 2.75) is 13.1 Å². The summed E-state index contributed by atoms with van der Waals surface area (Å²) in [7, 11) is 0. The summed E-state index contributed by atoms with van der Waals surface area (Å²) in [5, 5.41) is 0. The molecule has 0 radical (unpaired) electrons. The zero-order chi connectivity index (χ0) is 14.0. The number of aryl methyl sites for hydroxylation is 1. The summed E-state index contributed by atoms with van der Waals surface area (Å²) < 4.78 is 37.6. The molecular weight excluding hydrogens is 255 g/mol. The largest absolute Gasteiger partial charge is 0.456 e. The van der Waals surface area contributed by atoms with Gasteiger partial charge in [-0.3, -0.25) is 4.98 Å². The number of alkyl halides is 3. The molecule has 0 fully saturated rings. The first kappa shape index (κ1) is 13.0. The van der Waals surface area contributed by atoms with Crippen molar-refractivity contribution < 1.29 is 13.2 Å². The van der Waals surface area contributed by atoms with Gasteiger partial charge in [0, 0.05) is 11.8 Å². The highest BCUT2D eigenvalue weighted by Gasteiger charge is 2.36. The van der Waals surface area contributed by atoms with E-state index in [0.717, 1.165) is 11.6 Å². The molecule has 0 N–H and O–H groups in total. The molecule has 6 heteroatoms. The molecule has 96 valence electrons. The van der Waals surface area contributed by atoms with Crippen molar-refractivity contribution in [3.63, 3.8) is 0 Å². The Morgan fingerprint density at radius 3 is 2.53 bits per heavy atom. The third-order valence-corrected chi connectivity index (χ3v) is 2.46. The van der Waals surface area contributed by atoms with Crippen LogP contribution < -0.4 is 0 Å².